The molecule has 21 heavy (non-hydrogen) atoms. The van der Waals surface area contributed by atoms with Crippen LogP contribution in [0.1, 0.15) is 11.1 Å². The van der Waals surface area contributed by atoms with E-state index in [1.54, 1.807) is 12.1 Å². The van der Waals surface area contributed by atoms with E-state index in [2.05, 4.69) is 0 Å². The van der Waals surface area contributed by atoms with Gasteiger partial charge in [0.1, 0.15) is 0 Å². The molecule has 1 saturated heterocycles. The van der Waals surface area contributed by atoms with Gasteiger partial charge in [0.25, 0.3) is 0 Å². The van der Waals surface area contributed by atoms with Crippen molar-refractivity contribution in [2.45, 2.75) is 18.7 Å². The first-order chi connectivity index (χ1) is 9.80. The summed E-state index contributed by atoms with van der Waals surface area (Å²) >= 11 is 0. The summed E-state index contributed by atoms with van der Waals surface area (Å²) in [5.41, 5.74) is 7.18. The van der Waals surface area contributed by atoms with Crippen molar-refractivity contribution in [3.63, 3.8) is 0 Å². The van der Waals surface area contributed by atoms with Crippen LogP contribution in [0.3, 0.4) is 0 Å². The van der Waals surface area contributed by atoms with Gasteiger partial charge in [-0.25, -0.2) is 8.42 Å². The highest BCUT2D eigenvalue weighted by molar-refractivity contribution is 7.89. The number of piperazine rings is 1. The van der Waals surface area contributed by atoms with Crippen molar-refractivity contribution in [2.24, 2.45) is 5.73 Å². The molecule has 0 spiro atoms. The van der Waals surface area contributed by atoms with E-state index in [9.17, 15) is 13.2 Å². The zero-order valence-corrected chi connectivity index (χ0v) is 13.2. The van der Waals surface area contributed by atoms with Crippen LogP contribution in [0.5, 0.6) is 0 Å². The number of rotatable bonds is 4. The number of hydrogen-bond donors (Lipinski definition) is 1. The fourth-order valence-corrected chi connectivity index (χ4v) is 3.88. The first-order valence-corrected chi connectivity index (χ1v) is 8.33. The third-order valence-corrected chi connectivity index (χ3v) is 5.72. The molecule has 0 saturated carbocycles. The normalized spacial score (nSPS) is 17.8. The van der Waals surface area contributed by atoms with Gasteiger partial charge in [-0.05, 0) is 37.1 Å². The maximum atomic E-state index is 12.6. The predicted molar refractivity (Wildman–Crippen MR) is 80.3 cm³/mol. The van der Waals surface area contributed by atoms with Crippen molar-refractivity contribution >= 4 is 15.9 Å². The van der Waals surface area contributed by atoms with Crippen molar-refractivity contribution in [2.75, 3.05) is 32.7 Å². The molecule has 2 rings (SSSR count). The van der Waals surface area contributed by atoms with E-state index in [0.717, 1.165) is 11.1 Å². The van der Waals surface area contributed by atoms with Crippen molar-refractivity contribution < 1.29 is 13.2 Å². The minimum absolute atomic E-state index is 0.178. The Morgan fingerprint density at radius 3 is 2.29 bits per heavy atom. The molecule has 2 N–H and O–H groups in total. The minimum atomic E-state index is -3.46. The molecule has 1 heterocycles. The SMILES string of the molecule is Cc1ccc(S(=O)(=O)N2CCN(CC(N)=O)CC2)cc1C. The quantitative estimate of drug-likeness (QED) is 0.854. The highest BCUT2D eigenvalue weighted by atomic mass is 32.2. The second-order valence-corrected chi connectivity index (χ2v) is 7.33. The summed E-state index contributed by atoms with van der Waals surface area (Å²) in [5.74, 6) is -0.388. The van der Waals surface area contributed by atoms with E-state index < -0.39 is 10.0 Å². The van der Waals surface area contributed by atoms with Gasteiger partial charge in [-0.2, -0.15) is 4.31 Å². The second kappa shape index (κ2) is 6.13. The van der Waals surface area contributed by atoms with Crippen molar-refractivity contribution in [3.8, 4) is 0 Å². The highest BCUT2D eigenvalue weighted by Gasteiger charge is 2.28. The van der Waals surface area contributed by atoms with Crippen LogP contribution in [0, 0.1) is 13.8 Å². The molecule has 116 valence electrons. The summed E-state index contributed by atoms with van der Waals surface area (Å²) in [6.45, 7) is 5.83. The number of sulfonamides is 1. The van der Waals surface area contributed by atoms with E-state index in [1.165, 1.54) is 4.31 Å². The van der Waals surface area contributed by atoms with Gasteiger partial charge in [0.2, 0.25) is 15.9 Å². The molecule has 0 radical (unpaired) electrons. The molecular weight excluding hydrogens is 290 g/mol. The van der Waals surface area contributed by atoms with Gasteiger partial charge in [0, 0.05) is 26.2 Å². The Labute approximate surface area is 125 Å². The smallest absolute Gasteiger partial charge is 0.243 e. The Kier molecular flexibility index (Phi) is 4.65. The molecule has 1 aromatic carbocycles. The summed E-state index contributed by atoms with van der Waals surface area (Å²) in [6, 6.07) is 5.18. The summed E-state index contributed by atoms with van der Waals surface area (Å²) < 4.78 is 26.7. The van der Waals surface area contributed by atoms with Crippen LogP contribution in [0.15, 0.2) is 23.1 Å². The number of carbonyl (C=O) groups excluding carboxylic acids is 1. The molecule has 0 aromatic heterocycles. The van der Waals surface area contributed by atoms with Gasteiger partial charge < -0.3 is 5.73 Å². The fourth-order valence-electron chi connectivity index (χ4n) is 2.37. The third kappa shape index (κ3) is 3.61. The van der Waals surface area contributed by atoms with Gasteiger partial charge in [-0.1, -0.05) is 6.07 Å². The third-order valence-electron chi connectivity index (χ3n) is 3.83. The first kappa shape index (κ1) is 15.9. The lowest BCUT2D eigenvalue weighted by Gasteiger charge is -2.33. The van der Waals surface area contributed by atoms with Crippen molar-refractivity contribution in [3.05, 3.63) is 29.3 Å². The lowest BCUT2D eigenvalue weighted by molar-refractivity contribution is -0.119. The number of primary amides is 1. The molecule has 0 bridgehead atoms. The van der Waals surface area contributed by atoms with Crippen LogP contribution in [0.25, 0.3) is 0 Å². The Bertz CT molecular complexity index is 635. The number of benzene rings is 1. The monoisotopic (exact) mass is 311 g/mol. The lowest BCUT2D eigenvalue weighted by atomic mass is 10.1. The van der Waals surface area contributed by atoms with E-state index >= 15 is 0 Å². The van der Waals surface area contributed by atoms with Gasteiger partial charge in [0.05, 0.1) is 11.4 Å². The molecule has 1 fully saturated rings. The Morgan fingerprint density at radius 1 is 1.14 bits per heavy atom. The number of nitrogens with zero attached hydrogens (tertiary/aromatic N) is 2. The summed E-state index contributed by atoms with van der Waals surface area (Å²) in [4.78, 5) is 13.1. The van der Waals surface area contributed by atoms with Crippen LogP contribution in [0.2, 0.25) is 0 Å². The summed E-state index contributed by atoms with van der Waals surface area (Å²) in [7, 11) is -3.46. The highest BCUT2D eigenvalue weighted by Crippen LogP contribution is 2.20. The Morgan fingerprint density at radius 2 is 1.76 bits per heavy atom. The molecule has 7 heteroatoms. The number of nitrogens with two attached hydrogens (primary N) is 1. The minimum Gasteiger partial charge on any atom is -0.369 e. The maximum Gasteiger partial charge on any atom is 0.243 e. The van der Waals surface area contributed by atoms with E-state index in [0.29, 0.717) is 31.1 Å². The molecule has 6 nitrogen and oxygen atoms in total. The zero-order chi connectivity index (χ0) is 15.6. The van der Waals surface area contributed by atoms with E-state index in [-0.39, 0.29) is 12.5 Å². The lowest BCUT2D eigenvalue weighted by Crippen LogP contribution is -2.50. The van der Waals surface area contributed by atoms with Crippen LogP contribution in [-0.4, -0.2) is 56.3 Å². The average molecular weight is 311 g/mol. The predicted octanol–water partition coefficient (Wildman–Crippen LogP) is 0.0950. The first-order valence-electron chi connectivity index (χ1n) is 6.89. The van der Waals surface area contributed by atoms with Gasteiger partial charge in [0.15, 0.2) is 0 Å². The number of hydrogen-bond acceptors (Lipinski definition) is 4. The second-order valence-electron chi connectivity index (χ2n) is 5.39. The number of carbonyl (C=O) groups is 1. The topological polar surface area (TPSA) is 83.7 Å². The Hall–Kier alpha value is -1.44. The molecule has 1 aliphatic heterocycles. The average Bonchev–Trinajstić information content (AvgIpc) is 2.41. The molecule has 0 unspecified atom stereocenters. The molecule has 1 aliphatic rings. The standard InChI is InChI=1S/C14H21N3O3S/c1-11-3-4-13(9-12(11)2)21(19,20)17-7-5-16(6-8-17)10-14(15)18/h3-4,9H,5-8,10H2,1-2H3,(H2,15,18). The number of aryl methyl sites for hydroxylation is 2. The molecular formula is C14H21N3O3S. The summed E-state index contributed by atoms with van der Waals surface area (Å²) in [5, 5.41) is 0. The van der Waals surface area contributed by atoms with Gasteiger partial charge in [-0.15, -0.1) is 0 Å². The summed E-state index contributed by atoms with van der Waals surface area (Å²) in [6.07, 6.45) is 0. The van der Waals surface area contributed by atoms with Crippen molar-refractivity contribution in [1.82, 2.24) is 9.21 Å². The number of amides is 1. The van der Waals surface area contributed by atoms with Gasteiger partial charge >= 0.3 is 0 Å². The van der Waals surface area contributed by atoms with Crippen molar-refractivity contribution in [1.29, 1.82) is 0 Å². The van der Waals surface area contributed by atoms with Crippen LogP contribution in [0.4, 0.5) is 0 Å². The fraction of sp³-hybridized carbons (Fsp3) is 0.500. The largest absolute Gasteiger partial charge is 0.369 e. The van der Waals surface area contributed by atoms with E-state index in [1.807, 2.05) is 24.8 Å². The molecule has 0 aliphatic carbocycles. The molecule has 1 aromatic rings. The van der Waals surface area contributed by atoms with Crippen LogP contribution >= 0.6 is 0 Å². The molecule has 1 amide bonds. The van der Waals surface area contributed by atoms with E-state index in [4.69, 9.17) is 5.73 Å². The van der Waals surface area contributed by atoms with Crippen LogP contribution in [-0.2, 0) is 14.8 Å². The Balaban J connectivity index is 2.11. The van der Waals surface area contributed by atoms with Gasteiger partial charge in [-0.3, -0.25) is 9.69 Å². The van der Waals surface area contributed by atoms with Crippen LogP contribution < -0.4 is 5.73 Å². The molecule has 0 atom stereocenters. The zero-order valence-electron chi connectivity index (χ0n) is 12.4. The maximum absolute atomic E-state index is 12.6.